The summed E-state index contributed by atoms with van der Waals surface area (Å²) in [4.78, 5) is 0. The Morgan fingerprint density at radius 1 is 1.07 bits per heavy atom. The van der Waals surface area contributed by atoms with E-state index in [1.54, 1.807) is 0 Å². The second-order valence-electron chi connectivity index (χ2n) is 4.09. The second kappa shape index (κ2) is 4.14. The summed E-state index contributed by atoms with van der Waals surface area (Å²) < 4.78 is 22.0. The standard InChI is InChI=1S/C10H18O4/c1-8(2)9-4-7-13-10(14-9)11-5-3-6-12-10/h8-9H,3-7H2,1-2H3. The normalized spacial score (nSPS) is 32.4. The maximum absolute atomic E-state index is 5.71. The van der Waals surface area contributed by atoms with Gasteiger partial charge in [0, 0.05) is 0 Å². The van der Waals surface area contributed by atoms with Crippen molar-refractivity contribution in [3.63, 3.8) is 0 Å². The van der Waals surface area contributed by atoms with Gasteiger partial charge in [-0.25, -0.2) is 0 Å². The summed E-state index contributed by atoms with van der Waals surface area (Å²) in [5.74, 6) is 0.463. The first-order valence-corrected chi connectivity index (χ1v) is 5.31. The topological polar surface area (TPSA) is 36.9 Å². The Hall–Kier alpha value is -0.160. The lowest BCUT2D eigenvalue weighted by molar-refractivity contribution is -0.537. The molecule has 0 aromatic rings. The van der Waals surface area contributed by atoms with Crippen LogP contribution in [0.1, 0.15) is 26.7 Å². The first kappa shape index (κ1) is 10.4. The average molecular weight is 202 g/mol. The zero-order valence-electron chi connectivity index (χ0n) is 8.82. The zero-order valence-corrected chi connectivity index (χ0v) is 8.82. The SMILES string of the molecule is CC(C)C1CCOC2(OCCCO2)O1. The van der Waals surface area contributed by atoms with Crippen LogP contribution in [0.25, 0.3) is 0 Å². The fourth-order valence-corrected chi connectivity index (χ4v) is 1.69. The molecule has 0 amide bonds. The summed E-state index contributed by atoms with van der Waals surface area (Å²) in [7, 11) is 0. The van der Waals surface area contributed by atoms with E-state index < -0.39 is 6.16 Å². The number of hydrogen-bond acceptors (Lipinski definition) is 4. The monoisotopic (exact) mass is 202 g/mol. The lowest BCUT2D eigenvalue weighted by atomic mass is 10.0. The zero-order chi connectivity index (χ0) is 10.0. The Morgan fingerprint density at radius 3 is 2.36 bits per heavy atom. The predicted octanol–water partition coefficient (Wildman–Crippen LogP) is 1.50. The molecule has 0 N–H and O–H groups in total. The van der Waals surface area contributed by atoms with E-state index in [1.807, 2.05) is 0 Å². The van der Waals surface area contributed by atoms with E-state index in [9.17, 15) is 0 Å². The molecule has 0 aliphatic carbocycles. The highest BCUT2D eigenvalue weighted by Crippen LogP contribution is 2.31. The summed E-state index contributed by atoms with van der Waals surface area (Å²) >= 11 is 0. The van der Waals surface area contributed by atoms with Crippen molar-refractivity contribution >= 4 is 0 Å². The smallest absolute Gasteiger partial charge is 0.303 e. The van der Waals surface area contributed by atoms with Gasteiger partial charge in [-0.05, 0) is 18.8 Å². The van der Waals surface area contributed by atoms with Crippen molar-refractivity contribution in [1.82, 2.24) is 0 Å². The van der Waals surface area contributed by atoms with Gasteiger partial charge < -0.3 is 14.2 Å². The summed E-state index contributed by atoms with van der Waals surface area (Å²) in [6, 6.07) is 0. The van der Waals surface area contributed by atoms with Crippen molar-refractivity contribution in [3.05, 3.63) is 0 Å². The second-order valence-corrected chi connectivity index (χ2v) is 4.09. The van der Waals surface area contributed by atoms with Gasteiger partial charge in [0.05, 0.1) is 25.9 Å². The van der Waals surface area contributed by atoms with E-state index in [-0.39, 0.29) is 6.10 Å². The fourth-order valence-electron chi connectivity index (χ4n) is 1.69. The molecule has 4 nitrogen and oxygen atoms in total. The van der Waals surface area contributed by atoms with Gasteiger partial charge in [0.25, 0.3) is 0 Å². The largest absolute Gasteiger partial charge is 0.412 e. The maximum atomic E-state index is 5.71. The van der Waals surface area contributed by atoms with Crippen LogP contribution in [-0.2, 0) is 18.9 Å². The molecule has 2 aliphatic heterocycles. The van der Waals surface area contributed by atoms with Crippen LogP contribution >= 0.6 is 0 Å². The van der Waals surface area contributed by atoms with Crippen LogP contribution in [0, 0.1) is 5.92 Å². The summed E-state index contributed by atoms with van der Waals surface area (Å²) in [5.41, 5.74) is 0. The Bertz CT molecular complexity index is 181. The van der Waals surface area contributed by atoms with Crippen LogP contribution in [0.15, 0.2) is 0 Å². The Balaban J connectivity index is 1.97. The highest BCUT2D eigenvalue weighted by atomic mass is 17.0. The molecule has 14 heavy (non-hydrogen) atoms. The van der Waals surface area contributed by atoms with E-state index in [0.717, 1.165) is 12.8 Å². The summed E-state index contributed by atoms with van der Waals surface area (Å²) in [6.07, 6.45) is 0.792. The maximum Gasteiger partial charge on any atom is 0.412 e. The average Bonchev–Trinajstić information content (AvgIpc) is 2.19. The molecule has 82 valence electrons. The molecular weight excluding hydrogens is 184 g/mol. The van der Waals surface area contributed by atoms with Gasteiger partial charge in [0.1, 0.15) is 0 Å². The molecule has 2 heterocycles. The van der Waals surface area contributed by atoms with E-state index in [2.05, 4.69) is 13.8 Å². The first-order valence-electron chi connectivity index (χ1n) is 5.31. The molecule has 2 fully saturated rings. The van der Waals surface area contributed by atoms with Gasteiger partial charge >= 0.3 is 6.16 Å². The fraction of sp³-hybridized carbons (Fsp3) is 1.00. The number of rotatable bonds is 1. The minimum Gasteiger partial charge on any atom is -0.303 e. The molecule has 1 unspecified atom stereocenters. The lowest BCUT2D eigenvalue weighted by Crippen LogP contribution is -2.52. The van der Waals surface area contributed by atoms with Crippen molar-refractivity contribution in [2.45, 2.75) is 39.0 Å². The highest BCUT2D eigenvalue weighted by Gasteiger charge is 2.44. The lowest BCUT2D eigenvalue weighted by Gasteiger charge is -2.42. The number of hydrogen-bond donors (Lipinski definition) is 0. The molecule has 0 radical (unpaired) electrons. The molecule has 0 aromatic heterocycles. The molecule has 2 rings (SSSR count). The van der Waals surface area contributed by atoms with Crippen LogP contribution < -0.4 is 0 Å². The third-order valence-corrected chi connectivity index (χ3v) is 2.57. The molecule has 4 heteroatoms. The molecular formula is C10H18O4. The van der Waals surface area contributed by atoms with Crippen molar-refractivity contribution in [2.24, 2.45) is 5.92 Å². The quantitative estimate of drug-likeness (QED) is 0.645. The minimum absolute atomic E-state index is 0.168. The van der Waals surface area contributed by atoms with Gasteiger partial charge in [0.15, 0.2) is 0 Å². The Morgan fingerprint density at radius 2 is 1.71 bits per heavy atom. The third-order valence-electron chi connectivity index (χ3n) is 2.57. The predicted molar refractivity (Wildman–Crippen MR) is 49.5 cm³/mol. The van der Waals surface area contributed by atoms with Crippen LogP contribution in [0.4, 0.5) is 0 Å². The van der Waals surface area contributed by atoms with E-state index in [0.29, 0.717) is 25.7 Å². The van der Waals surface area contributed by atoms with E-state index in [1.165, 1.54) is 0 Å². The van der Waals surface area contributed by atoms with Crippen LogP contribution in [0.2, 0.25) is 0 Å². The molecule has 0 bridgehead atoms. The van der Waals surface area contributed by atoms with Gasteiger partial charge in [-0.1, -0.05) is 13.8 Å². The van der Waals surface area contributed by atoms with Crippen LogP contribution in [-0.4, -0.2) is 32.1 Å². The van der Waals surface area contributed by atoms with Gasteiger partial charge in [-0.3, -0.25) is 4.74 Å². The van der Waals surface area contributed by atoms with E-state index >= 15 is 0 Å². The van der Waals surface area contributed by atoms with Crippen LogP contribution in [0.3, 0.4) is 0 Å². The molecule has 0 aromatic carbocycles. The summed E-state index contributed by atoms with van der Waals surface area (Å²) in [5, 5.41) is 0. The van der Waals surface area contributed by atoms with E-state index in [4.69, 9.17) is 18.9 Å². The van der Waals surface area contributed by atoms with Gasteiger partial charge in [-0.2, -0.15) is 0 Å². The number of ether oxygens (including phenoxy) is 4. The summed E-state index contributed by atoms with van der Waals surface area (Å²) in [6.45, 7) is 6.19. The minimum atomic E-state index is -1.19. The highest BCUT2D eigenvalue weighted by molar-refractivity contribution is 4.68. The molecule has 2 aliphatic rings. The Kier molecular flexibility index (Phi) is 3.07. The van der Waals surface area contributed by atoms with Crippen molar-refractivity contribution in [2.75, 3.05) is 19.8 Å². The first-order chi connectivity index (χ1) is 6.72. The van der Waals surface area contributed by atoms with Crippen molar-refractivity contribution in [3.8, 4) is 0 Å². The van der Waals surface area contributed by atoms with Gasteiger partial charge in [-0.15, -0.1) is 0 Å². The van der Waals surface area contributed by atoms with Gasteiger partial charge in [0.2, 0.25) is 0 Å². The molecule has 1 atom stereocenters. The third kappa shape index (κ3) is 2.08. The molecule has 0 saturated carbocycles. The van der Waals surface area contributed by atoms with Crippen molar-refractivity contribution < 1.29 is 18.9 Å². The van der Waals surface area contributed by atoms with Crippen molar-refractivity contribution in [1.29, 1.82) is 0 Å². The molecule has 2 saturated heterocycles. The molecule has 1 spiro atoms. The Labute approximate surface area is 84.5 Å². The van der Waals surface area contributed by atoms with Crippen LogP contribution in [0.5, 0.6) is 0 Å².